The summed E-state index contributed by atoms with van der Waals surface area (Å²) < 4.78 is 12.5. The molecule has 1 nitrogen and oxygen atoms in total. The van der Waals surface area contributed by atoms with E-state index in [-0.39, 0.29) is 11.2 Å². The number of halogens is 1. The van der Waals surface area contributed by atoms with E-state index in [4.69, 9.17) is 4.79 Å². The lowest BCUT2D eigenvalue weighted by atomic mass is 9.87. The second-order valence-corrected chi connectivity index (χ2v) is 3.76. The monoisotopic (exact) mass is 182 g/mol. The molecule has 0 saturated heterocycles. The van der Waals surface area contributed by atoms with Crippen molar-refractivity contribution in [3.63, 3.8) is 0 Å². The van der Waals surface area contributed by atoms with Crippen LogP contribution in [0, 0.1) is 5.82 Å². The number of hydrogen-bond acceptors (Lipinski definition) is 1. The molecule has 0 bridgehead atoms. The second-order valence-electron chi connectivity index (χ2n) is 3.76. The Hall–Kier alpha value is -1.18. The molecule has 1 rings (SSSR count). The van der Waals surface area contributed by atoms with Crippen LogP contribution < -0.4 is 0 Å². The van der Waals surface area contributed by atoms with Crippen LogP contribution >= 0.6 is 0 Å². The van der Waals surface area contributed by atoms with Crippen molar-refractivity contribution < 1.29 is 9.18 Å². The van der Waals surface area contributed by atoms with Gasteiger partial charge < -0.3 is 4.79 Å². The molecule has 0 aliphatic carbocycles. The summed E-state index contributed by atoms with van der Waals surface area (Å²) in [6, 6.07) is 6.66. The largest absolute Gasteiger partial charge is 0.307 e. The van der Waals surface area contributed by atoms with Gasteiger partial charge >= 0.3 is 0 Å². The van der Waals surface area contributed by atoms with Crippen molar-refractivity contribution in [2.45, 2.75) is 26.2 Å². The van der Waals surface area contributed by atoms with E-state index < -0.39 is 0 Å². The molecule has 0 fully saturated rings. The highest BCUT2D eigenvalue weighted by Crippen LogP contribution is 2.21. The van der Waals surface area contributed by atoms with E-state index in [2.05, 4.69) is 20.8 Å². The topological polar surface area (TPSA) is 17.1 Å². The van der Waals surface area contributed by atoms with E-state index in [0.717, 1.165) is 0 Å². The summed E-state index contributed by atoms with van der Waals surface area (Å²) in [7, 11) is 0. The Balaban J connectivity index is 0.000000671. The third kappa shape index (κ3) is 3.83. The molecule has 0 N–H and O–H groups in total. The van der Waals surface area contributed by atoms with Crippen molar-refractivity contribution >= 4 is 6.79 Å². The number of carbonyl (C=O) groups is 1. The first-order valence-corrected chi connectivity index (χ1v) is 4.05. The lowest BCUT2D eigenvalue weighted by Gasteiger charge is -2.18. The van der Waals surface area contributed by atoms with Gasteiger partial charge in [0, 0.05) is 0 Å². The summed E-state index contributed by atoms with van der Waals surface area (Å²) in [6.45, 7) is 8.33. The summed E-state index contributed by atoms with van der Waals surface area (Å²) in [5, 5.41) is 0. The highest BCUT2D eigenvalue weighted by Gasteiger charge is 2.12. The Morgan fingerprint density at radius 2 is 1.46 bits per heavy atom. The molecule has 0 saturated carbocycles. The van der Waals surface area contributed by atoms with Crippen molar-refractivity contribution in [2.24, 2.45) is 0 Å². The molecular weight excluding hydrogens is 167 g/mol. The lowest BCUT2D eigenvalue weighted by molar-refractivity contribution is -0.0979. The number of rotatable bonds is 0. The zero-order valence-corrected chi connectivity index (χ0v) is 8.30. The second kappa shape index (κ2) is 4.75. The molecule has 0 aliphatic heterocycles. The summed E-state index contributed by atoms with van der Waals surface area (Å²) in [4.78, 5) is 8.00. The van der Waals surface area contributed by atoms with Gasteiger partial charge in [-0.05, 0) is 23.1 Å². The SMILES string of the molecule is C=O.CC(C)(C)c1ccc(F)cc1. The van der Waals surface area contributed by atoms with E-state index in [1.165, 1.54) is 17.7 Å². The molecule has 0 amide bonds. The average Bonchev–Trinajstić information content (AvgIpc) is 2.07. The lowest BCUT2D eigenvalue weighted by Crippen LogP contribution is -2.10. The van der Waals surface area contributed by atoms with Crippen LogP contribution in [0.25, 0.3) is 0 Å². The molecule has 0 spiro atoms. The van der Waals surface area contributed by atoms with E-state index in [1.54, 1.807) is 0 Å². The van der Waals surface area contributed by atoms with Crippen LogP contribution in [0.15, 0.2) is 24.3 Å². The van der Waals surface area contributed by atoms with Gasteiger partial charge in [0.05, 0.1) is 0 Å². The van der Waals surface area contributed by atoms with Gasteiger partial charge in [-0.15, -0.1) is 0 Å². The third-order valence-electron chi connectivity index (χ3n) is 1.71. The van der Waals surface area contributed by atoms with Gasteiger partial charge in [-0.1, -0.05) is 32.9 Å². The number of hydrogen-bond donors (Lipinski definition) is 0. The van der Waals surface area contributed by atoms with Crippen LogP contribution in [0.3, 0.4) is 0 Å². The number of carbonyl (C=O) groups excluding carboxylic acids is 1. The predicted octanol–water partition coefficient (Wildman–Crippen LogP) is 2.94. The first kappa shape index (κ1) is 11.8. The Bertz CT molecular complexity index is 246. The Labute approximate surface area is 78.6 Å². The normalized spacial score (nSPS) is 10.2. The maximum Gasteiger partial charge on any atom is 0.123 e. The highest BCUT2D eigenvalue weighted by atomic mass is 19.1. The van der Waals surface area contributed by atoms with E-state index in [9.17, 15) is 4.39 Å². The number of benzene rings is 1. The van der Waals surface area contributed by atoms with Crippen molar-refractivity contribution in [1.29, 1.82) is 0 Å². The van der Waals surface area contributed by atoms with Crippen LogP contribution in [0.2, 0.25) is 0 Å². The summed E-state index contributed by atoms with van der Waals surface area (Å²) in [6.07, 6.45) is 0. The fourth-order valence-electron chi connectivity index (χ4n) is 0.950. The van der Waals surface area contributed by atoms with Crippen LogP contribution in [-0.4, -0.2) is 6.79 Å². The van der Waals surface area contributed by atoms with Crippen LogP contribution in [0.4, 0.5) is 4.39 Å². The van der Waals surface area contributed by atoms with Gasteiger partial charge in [0.1, 0.15) is 12.6 Å². The fourth-order valence-corrected chi connectivity index (χ4v) is 0.950. The van der Waals surface area contributed by atoms with Gasteiger partial charge in [0.2, 0.25) is 0 Å². The van der Waals surface area contributed by atoms with Crippen molar-refractivity contribution in [3.8, 4) is 0 Å². The molecule has 1 aromatic carbocycles. The van der Waals surface area contributed by atoms with Crippen LogP contribution in [0.5, 0.6) is 0 Å². The van der Waals surface area contributed by atoms with Crippen molar-refractivity contribution in [3.05, 3.63) is 35.6 Å². The van der Waals surface area contributed by atoms with Crippen molar-refractivity contribution in [2.75, 3.05) is 0 Å². The molecule has 0 atom stereocenters. The summed E-state index contributed by atoms with van der Waals surface area (Å²) >= 11 is 0. The molecule has 0 aliphatic rings. The van der Waals surface area contributed by atoms with Gasteiger partial charge in [-0.25, -0.2) is 4.39 Å². The van der Waals surface area contributed by atoms with Crippen LogP contribution in [-0.2, 0) is 10.2 Å². The Morgan fingerprint density at radius 1 is 1.08 bits per heavy atom. The molecule has 0 radical (unpaired) electrons. The van der Waals surface area contributed by atoms with Crippen LogP contribution in [0.1, 0.15) is 26.3 Å². The molecule has 0 heterocycles. The first-order chi connectivity index (χ1) is 6.00. The molecular formula is C11H15FO. The van der Waals surface area contributed by atoms with E-state index in [1.807, 2.05) is 18.9 Å². The summed E-state index contributed by atoms with van der Waals surface area (Å²) in [5.41, 5.74) is 1.28. The Kier molecular flexibility index (Phi) is 4.32. The van der Waals surface area contributed by atoms with Gasteiger partial charge in [0.15, 0.2) is 0 Å². The Morgan fingerprint density at radius 3 is 1.77 bits per heavy atom. The molecule has 1 aromatic rings. The maximum absolute atomic E-state index is 12.5. The van der Waals surface area contributed by atoms with Gasteiger partial charge in [0.25, 0.3) is 0 Å². The first-order valence-electron chi connectivity index (χ1n) is 4.05. The minimum absolute atomic E-state index is 0.119. The zero-order valence-electron chi connectivity index (χ0n) is 8.30. The smallest absolute Gasteiger partial charge is 0.123 e. The quantitative estimate of drug-likeness (QED) is 0.603. The summed E-state index contributed by atoms with van der Waals surface area (Å²) in [5.74, 6) is -0.169. The van der Waals surface area contributed by atoms with E-state index in [0.29, 0.717) is 0 Å². The molecule has 2 heteroatoms. The van der Waals surface area contributed by atoms with Gasteiger partial charge in [-0.2, -0.15) is 0 Å². The van der Waals surface area contributed by atoms with Gasteiger partial charge in [-0.3, -0.25) is 0 Å². The predicted molar refractivity (Wildman–Crippen MR) is 52.2 cm³/mol. The third-order valence-corrected chi connectivity index (χ3v) is 1.71. The molecule has 13 heavy (non-hydrogen) atoms. The fraction of sp³-hybridized carbons (Fsp3) is 0.364. The maximum atomic E-state index is 12.5. The average molecular weight is 182 g/mol. The van der Waals surface area contributed by atoms with E-state index >= 15 is 0 Å². The minimum atomic E-state index is -0.169. The highest BCUT2D eigenvalue weighted by molar-refractivity contribution is 5.22. The standard InChI is InChI=1S/C10H13F.CH2O/c1-10(2,3)8-4-6-9(11)7-5-8;1-2/h4-7H,1-3H3;1H2. The molecule has 0 unspecified atom stereocenters. The zero-order chi connectivity index (χ0) is 10.5. The molecule has 72 valence electrons. The molecule has 0 aromatic heterocycles. The van der Waals surface area contributed by atoms with Crippen molar-refractivity contribution in [1.82, 2.24) is 0 Å². The minimum Gasteiger partial charge on any atom is -0.307 e.